The van der Waals surface area contributed by atoms with Crippen LogP contribution < -0.4 is 4.74 Å². The van der Waals surface area contributed by atoms with Crippen molar-refractivity contribution in [3.05, 3.63) is 64.6 Å². The molecule has 2 atom stereocenters. The highest BCUT2D eigenvalue weighted by molar-refractivity contribution is 6.30. The minimum atomic E-state index is -0.517. The van der Waals surface area contributed by atoms with Crippen LogP contribution in [0.3, 0.4) is 0 Å². The highest BCUT2D eigenvalue weighted by Crippen LogP contribution is 2.29. The Kier molecular flexibility index (Phi) is 7.85. The number of rotatable bonds is 8. The fraction of sp³-hybridized carbons (Fsp3) is 0.375. The summed E-state index contributed by atoms with van der Waals surface area (Å²) >= 11 is 5.85. The van der Waals surface area contributed by atoms with Crippen LogP contribution in [-0.4, -0.2) is 46.9 Å². The lowest BCUT2D eigenvalue weighted by atomic mass is 10.0. The van der Waals surface area contributed by atoms with Crippen LogP contribution in [0.1, 0.15) is 50.0 Å². The zero-order valence-electron chi connectivity index (χ0n) is 18.6. The fourth-order valence-corrected chi connectivity index (χ4v) is 3.63. The van der Waals surface area contributed by atoms with Crippen molar-refractivity contribution in [2.45, 2.75) is 46.2 Å². The first-order valence-electron chi connectivity index (χ1n) is 10.6. The Hall–Kier alpha value is -2.93. The van der Waals surface area contributed by atoms with E-state index in [0.717, 1.165) is 6.42 Å². The molecule has 0 aliphatic carbocycles. The number of amides is 1. The molecule has 0 bridgehead atoms. The lowest BCUT2D eigenvalue weighted by Crippen LogP contribution is -2.42. The van der Waals surface area contributed by atoms with Gasteiger partial charge in [-0.1, -0.05) is 24.6 Å². The van der Waals surface area contributed by atoms with E-state index in [2.05, 4.69) is 9.98 Å². The molecule has 2 unspecified atom stereocenters. The molecule has 170 valence electrons. The highest BCUT2D eigenvalue weighted by atomic mass is 35.5. The molecule has 1 aliphatic rings. The van der Waals surface area contributed by atoms with Crippen LogP contribution in [-0.2, 0) is 4.74 Å². The topological polar surface area (TPSA) is 64.0 Å². The first-order valence-corrected chi connectivity index (χ1v) is 11.0. The van der Waals surface area contributed by atoms with E-state index in [1.807, 2.05) is 20.8 Å². The molecule has 1 aromatic carbocycles. The third-order valence-electron chi connectivity index (χ3n) is 5.16. The van der Waals surface area contributed by atoms with Gasteiger partial charge in [0.2, 0.25) is 5.88 Å². The molecular formula is C24H27ClFN3O3. The maximum atomic E-state index is 14.9. The molecule has 0 fully saturated rings. The molecule has 6 nitrogen and oxygen atoms in total. The average Bonchev–Trinajstić information content (AvgIpc) is 2.78. The summed E-state index contributed by atoms with van der Waals surface area (Å²) in [7, 11) is 0. The third kappa shape index (κ3) is 5.46. The monoisotopic (exact) mass is 459 g/mol. The van der Waals surface area contributed by atoms with E-state index in [0.29, 0.717) is 29.1 Å². The number of aliphatic imine (C=N–C) groups is 1. The largest absolute Gasteiger partial charge is 0.475 e. The summed E-state index contributed by atoms with van der Waals surface area (Å²) in [6.45, 7) is 8.10. The van der Waals surface area contributed by atoms with E-state index in [9.17, 15) is 9.18 Å². The van der Waals surface area contributed by atoms with E-state index in [-0.39, 0.29) is 35.7 Å². The van der Waals surface area contributed by atoms with Crippen LogP contribution in [0.5, 0.6) is 5.88 Å². The Bertz CT molecular complexity index is 1020. The first kappa shape index (κ1) is 23.7. The summed E-state index contributed by atoms with van der Waals surface area (Å²) in [5, 5.41) is 0.513. The van der Waals surface area contributed by atoms with Crippen molar-refractivity contribution in [2.24, 2.45) is 4.99 Å². The van der Waals surface area contributed by atoms with Gasteiger partial charge in [-0.2, -0.15) is 0 Å². The van der Waals surface area contributed by atoms with Gasteiger partial charge in [-0.25, -0.2) is 14.4 Å². The van der Waals surface area contributed by atoms with Gasteiger partial charge in [0.05, 0.1) is 28.2 Å². The minimum Gasteiger partial charge on any atom is -0.475 e. The van der Waals surface area contributed by atoms with E-state index >= 15 is 0 Å². The van der Waals surface area contributed by atoms with Crippen LogP contribution in [0.4, 0.5) is 4.39 Å². The molecule has 0 saturated heterocycles. The SMILES string of the molecule is CCC1C=C(c2c(F)cccc2C(=O)N(CC)C(C)COc2ccc(Cl)cn2)OC(C)=N1. The standard InChI is InChI=1S/C24H27ClFN3O3/c1-5-18-12-21(32-16(4)28-18)23-19(8-7-9-20(23)26)24(30)29(6-2)15(3)14-31-22-11-10-17(25)13-27-22/h7-13,15,18H,5-6,14H2,1-4H3. The van der Waals surface area contributed by atoms with Crippen LogP contribution >= 0.6 is 11.6 Å². The van der Waals surface area contributed by atoms with Gasteiger partial charge in [-0.15, -0.1) is 0 Å². The second-order valence-corrected chi connectivity index (χ2v) is 7.92. The Morgan fingerprint density at radius 1 is 1.31 bits per heavy atom. The lowest BCUT2D eigenvalue weighted by Gasteiger charge is -2.29. The molecule has 1 aromatic heterocycles. The van der Waals surface area contributed by atoms with Crippen LogP contribution in [0.2, 0.25) is 5.02 Å². The number of aromatic nitrogens is 1. The Morgan fingerprint density at radius 2 is 2.09 bits per heavy atom. The molecule has 32 heavy (non-hydrogen) atoms. The number of hydrogen-bond donors (Lipinski definition) is 0. The zero-order chi connectivity index (χ0) is 23.3. The Balaban J connectivity index is 1.84. The summed E-state index contributed by atoms with van der Waals surface area (Å²) in [5.41, 5.74) is 0.384. The quantitative estimate of drug-likeness (QED) is 0.532. The molecule has 1 amide bonds. The van der Waals surface area contributed by atoms with Crippen molar-refractivity contribution in [1.82, 2.24) is 9.88 Å². The number of benzene rings is 1. The summed E-state index contributed by atoms with van der Waals surface area (Å²) in [6.07, 6.45) is 4.00. The molecule has 2 heterocycles. The molecule has 3 rings (SSSR count). The summed E-state index contributed by atoms with van der Waals surface area (Å²) in [5.74, 6) is 0.353. The number of carbonyl (C=O) groups excluding carboxylic acids is 1. The zero-order valence-corrected chi connectivity index (χ0v) is 19.4. The smallest absolute Gasteiger partial charge is 0.255 e. The van der Waals surface area contributed by atoms with Gasteiger partial charge in [0.25, 0.3) is 5.91 Å². The predicted molar refractivity (Wildman–Crippen MR) is 124 cm³/mol. The maximum absolute atomic E-state index is 14.9. The van der Waals surface area contributed by atoms with Crippen molar-refractivity contribution >= 4 is 29.2 Å². The van der Waals surface area contributed by atoms with Gasteiger partial charge >= 0.3 is 0 Å². The number of ether oxygens (including phenoxy) is 2. The first-order chi connectivity index (χ1) is 15.3. The van der Waals surface area contributed by atoms with Gasteiger partial charge in [0.15, 0.2) is 5.90 Å². The van der Waals surface area contributed by atoms with Crippen molar-refractivity contribution < 1.29 is 18.7 Å². The fourth-order valence-electron chi connectivity index (χ4n) is 3.52. The second kappa shape index (κ2) is 10.6. The number of halogens is 2. The lowest BCUT2D eigenvalue weighted by molar-refractivity contribution is 0.0645. The van der Waals surface area contributed by atoms with E-state index < -0.39 is 5.82 Å². The van der Waals surface area contributed by atoms with E-state index in [1.54, 1.807) is 36.1 Å². The van der Waals surface area contributed by atoms with Gasteiger partial charge < -0.3 is 14.4 Å². The molecule has 0 saturated carbocycles. The molecule has 8 heteroatoms. The van der Waals surface area contributed by atoms with Crippen molar-refractivity contribution in [1.29, 1.82) is 0 Å². The van der Waals surface area contributed by atoms with Crippen molar-refractivity contribution in [2.75, 3.05) is 13.2 Å². The average molecular weight is 460 g/mol. The Labute approximate surface area is 192 Å². The van der Waals surface area contributed by atoms with Gasteiger partial charge in [0.1, 0.15) is 18.2 Å². The van der Waals surface area contributed by atoms with E-state index in [1.165, 1.54) is 18.3 Å². The summed E-state index contributed by atoms with van der Waals surface area (Å²) < 4.78 is 26.4. The Morgan fingerprint density at radius 3 is 2.75 bits per heavy atom. The number of pyridine rings is 1. The number of carbonyl (C=O) groups is 1. The molecular weight excluding hydrogens is 433 g/mol. The van der Waals surface area contributed by atoms with Gasteiger partial charge in [-0.3, -0.25) is 4.79 Å². The second-order valence-electron chi connectivity index (χ2n) is 7.48. The van der Waals surface area contributed by atoms with Crippen LogP contribution in [0.25, 0.3) is 5.76 Å². The summed E-state index contributed by atoms with van der Waals surface area (Å²) in [6, 6.07) is 7.41. The minimum absolute atomic E-state index is 0.122. The van der Waals surface area contributed by atoms with Crippen LogP contribution in [0.15, 0.2) is 47.6 Å². The van der Waals surface area contributed by atoms with Crippen molar-refractivity contribution in [3.63, 3.8) is 0 Å². The number of hydrogen-bond acceptors (Lipinski definition) is 5. The number of nitrogens with zero attached hydrogens (tertiary/aromatic N) is 3. The third-order valence-corrected chi connectivity index (χ3v) is 5.39. The number of likely N-dealkylation sites (N-methyl/N-ethyl adjacent to an activating group) is 1. The summed E-state index contributed by atoms with van der Waals surface area (Å²) in [4.78, 5) is 23.6. The molecule has 0 radical (unpaired) electrons. The predicted octanol–water partition coefficient (Wildman–Crippen LogP) is 5.37. The molecule has 0 spiro atoms. The van der Waals surface area contributed by atoms with Crippen LogP contribution in [0, 0.1) is 5.82 Å². The van der Waals surface area contributed by atoms with Gasteiger partial charge in [0, 0.05) is 25.7 Å². The van der Waals surface area contributed by atoms with Crippen molar-refractivity contribution in [3.8, 4) is 5.88 Å². The molecule has 1 aliphatic heterocycles. The normalized spacial score (nSPS) is 16.5. The highest BCUT2D eigenvalue weighted by Gasteiger charge is 2.28. The molecule has 2 aromatic rings. The van der Waals surface area contributed by atoms with Gasteiger partial charge in [-0.05, 0) is 44.5 Å². The molecule has 0 N–H and O–H groups in total. The van der Waals surface area contributed by atoms with E-state index in [4.69, 9.17) is 21.1 Å². The maximum Gasteiger partial charge on any atom is 0.255 e.